The van der Waals surface area contributed by atoms with E-state index in [1.165, 1.54) is 64.2 Å². The minimum atomic E-state index is 0.306. The van der Waals surface area contributed by atoms with Crippen molar-refractivity contribution < 1.29 is 0 Å². The molecule has 0 saturated heterocycles. The molecule has 0 aromatic heterocycles. The van der Waals surface area contributed by atoms with Crippen molar-refractivity contribution in [1.29, 1.82) is 0 Å². The quantitative estimate of drug-likeness (QED) is 0.783. The molecular formula is C18H36N2. The van der Waals surface area contributed by atoms with Crippen LogP contribution in [0.25, 0.3) is 0 Å². The van der Waals surface area contributed by atoms with Gasteiger partial charge in [0, 0.05) is 18.1 Å². The van der Waals surface area contributed by atoms with Crippen LogP contribution in [0.4, 0.5) is 0 Å². The van der Waals surface area contributed by atoms with Crippen molar-refractivity contribution in [3.8, 4) is 0 Å². The molecule has 0 bridgehead atoms. The van der Waals surface area contributed by atoms with E-state index >= 15 is 0 Å². The highest BCUT2D eigenvalue weighted by Gasteiger charge is 2.40. The smallest absolute Gasteiger partial charge is 0.0331 e. The third-order valence-electron chi connectivity index (χ3n) is 6.40. The number of likely N-dealkylation sites (N-methyl/N-ethyl adjacent to an activating group) is 1. The van der Waals surface area contributed by atoms with Crippen LogP contribution in [-0.2, 0) is 0 Å². The van der Waals surface area contributed by atoms with E-state index in [4.69, 9.17) is 5.73 Å². The zero-order valence-electron chi connectivity index (χ0n) is 14.0. The van der Waals surface area contributed by atoms with E-state index in [9.17, 15) is 0 Å². The van der Waals surface area contributed by atoms with Gasteiger partial charge < -0.3 is 5.73 Å². The van der Waals surface area contributed by atoms with Crippen molar-refractivity contribution in [2.24, 2.45) is 17.6 Å². The van der Waals surface area contributed by atoms with Crippen molar-refractivity contribution in [3.63, 3.8) is 0 Å². The van der Waals surface area contributed by atoms with Gasteiger partial charge in [0.1, 0.15) is 0 Å². The maximum absolute atomic E-state index is 6.26. The van der Waals surface area contributed by atoms with Gasteiger partial charge in [-0.2, -0.15) is 0 Å². The first-order chi connectivity index (χ1) is 9.59. The van der Waals surface area contributed by atoms with E-state index in [1.54, 1.807) is 0 Å². The van der Waals surface area contributed by atoms with Gasteiger partial charge in [0.05, 0.1) is 0 Å². The second-order valence-electron chi connectivity index (χ2n) is 7.77. The second kappa shape index (κ2) is 7.26. The molecule has 0 spiro atoms. The summed E-state index contributed by atoms with van der Waals surface area (Å²) in [6, 6.07) is 0.789. The van der Waals surface area contributed by atoms with Crippen LogP contribution in [0.3, 0.4) is 0 Å². The maximum atomic E-state index is 6.26. The molecule has 0 aromatic rings. The minimum Gasteiger partial charge on any atom is -0.329 e. The van der Waals surface area contributed by atoms with Crippen molar-refractivity contribution in [2.75, 3.05) is 13.6 Å². The highest BCUT2D eigenvalue weighted by molar-refractivity contribution is 4.97. The summed E-state index contributed by atoms with van der Waals surface area (Å²) in [5, 5.41) is 0. The molecule has 0 unspecified atom stereocenters. The molecule has 2 fully saturated rings. The summed E-state index contributed by atoms with van der Waals surface area (Å²) < 4.78 is 0. The minimum absolute atomic E-state index is 0.306. The molecule has 2 heteroatoms. The van der Waals surface area contributed by atoms with Crippen LogP contribution in [0.2, 0.25) is 0 Å². The van der Waals surface area contributed by atoms with Gasteiger partial charge in [0.25, 0.3) is 0 Å². The Hall–Kier alpha value is -0.0800. The topological polar surface area (TPSA) is 29.3 Å². The zero-order chi connectivity index (χ0) is 14.6. The molecular weight excluding hydrogens is 244 g/mol. The molecule has 0 radical (unpaired) electrons. The van der Waals surface area contributed by atoms with Gasteiger partial charge in [0.15, 0.2) is 0 Å². The van der Waals surface area contributed by atoms with E-state index in [0.29, 0.717) is 5.54 Å². The third-order valence-corrected chi connectivity index (χ3v) is 6.40. The number of rotatable bonds is 4. The van der Waals surface area contributed by atoms with Crippen LogP contribution in [-0.4, -0.2) is 30.1 Å². The van der Waals surface area contributed by atoms with Crippen molar-refractivity contribution in [2.45, 2.75) is 89.6 Å². The van der Waals surface area contributed by atoms with Crippen molar-refractivity contribution >= 4 is 0 Å². The summed E-state index contributed by atoms with van der Waals surface area (Å²) >= 11 is 0. The average molecular weight is 280 g/mol. The Morgan fingerprint density at radius 1 is 1.00 bits per heavy atom. The largest absolute Gasteiger partial charge is 0.329 e. The lowest BCUT2D eigenvalue weighted by atomic mass is 9.71. The molecule has 2 N–H and O–H groups in total. The summed E-state index contributed by atoms with van der Waals surface area (Å²) in [6.07, 6.45) is 13.9. The Labute approximate surface area is 126 Å². The van der Waals surface area contributed by atoms with Crippen molar-refractivity contribution in [1.82, 2.24) is 4.90 Å². The molecule has 118 valence electrons. The summed E-state index contributed by atoms with van der Waals surface area (Å²) in [4.78, 5) is 2.72. The van der Waals surface area contributed by atoms with Crippen molar-refractivity contribution in [3.05, 3.63) is 0 Å². The molecule has 2 aliphatic rings. The molecule has 2 aliphatic carbocycles. The second-order valence-corrected chi connectivity index (χ2v) is 7.77. The predicted octanol–water partition coefficient (Wildman–Crippen LogP) is 4.18. The number of hydrogen-bond donors (Lipinski definition) is 1. The fourth-order valence-electron chi connectivity index (χ4n) is 4.58. The maximum Gasteiger partial charge on any atom is 0.0331 e. The van der Waals surface area contributed by atoms with Gasteiger partial charge >= 0.3 is 0 Å². The van der Waals surface area contributed by atoms with E-state index in [0.717, 1.165) is 24.4 Å². The van der Waals surface area contributed by atoms with E-state index in [1.807, 2.05) is 0 Å². The van der Waals surface area contributed by atoms with Crippen LogP contribution in [0.1, 0.15) is 78.1 Å². The molecule has 2 rings (SSSR count). The Balaban J connectivity index is 1.99. The summed E-state index contributed by atoms with van der Waals surface area (Å²) in [7, 11) is 2.37. The van der Waals surface area contributed by atoms with Crippen LogP contribution in [0, 0.1) is 11.8 Å². The van der Waals surface area contributed by atoms with E-state index < -0.39 is 0 Å². The fourth-order valence-corrected chi connectivity index (χ4v) is 4.58. The molecule has 0 atom stereocenters. The van der Waals surface area contributed by atoms with Gasteiger partial charge in [-0.1, -0.05) is 39.5 Å². The highest BCUT2D eigenvalue weighted by atomic mass is 15.2. The summed E-state index contributed by atoms with van der Waals surface area (Å²) in [5.74, 6) is 1.77. The normalized spacial score (nSPS) is 33.6. The molecule has 0 heterocycles. The Bertz CT molecular complexity index is 271. The third kappa shape index (κ3) is 3.57. The monoisotopic (exact) mass is 280 g/mol. The van der Waals surface area contributed by atoms with Crippen LogP contribution in [0.15, 0.2) is 0 Å². The lowest BCUT2D eigenvalue weighted by molar-refractivity contribution is 0.0186. The van der Waals surface area contributed by atoms with Gasteiger partial charge in [-0.15, -0.1) is 0 Å². The lowest BCUT2D eigenvalue weighted by Gasteiger charge is -2.49. The Morgan fingerprint density at radius 2 is 1.55 bits per heavy atom. The standard InChI is InChI=1S/C18H36N2/c1-15(2)16-10-12-18(14-19,13-11-16)20(3)17-8-6-4-5-7-9-17/h15-17H,4-14,19H2,1-3H3. The highest BCUT2D eigenvalue weighted by Crippen LogP contribution is 2.40. The molecule has 2 nitrogen and oxygen atoms in total. The Morgan fingerprint density at radius 3 is 2.00 bits per heavy atom. The molecule has 20 heavy (non-hydrogen) atoms. The number of hydrogen-bond acceptors (Lipinski definition) is 2. The van der Waals surface area contributed by atoms with Gasteiger partial charge in [0.2, 0.25) is 0 Å². The van der Waals surface area contributed by atoms with E-state index in [2.05, 4.69) is 25.8 Å². The molecule has 2 saturated carbocycles. The molecule has 0 amide bonds. The lowest BCUT2D eigenvalue weighted by Crippen LogP contribution is -2.57. The van der Waals surface area contributed by atoms with Crippen LogP contribution in [0.5, 0.6) is 0 Å². The number of nitrogens with zero attached hydrogens (tertiary/aromatic N) is 1. The van der Waals surface area contributed by atoms with Crippen LogP contribution >= 0.6 is 0 Å². The Kier molecular flexibility index (Phi) is 5.92. The van der Waals surface area contributed by atoms with Gasteiger partial charge in [-0.3, -0.25) is 4.90 Å². The first kappa shape index (κ1) is 16.3. The van der Waals surface area contributed by atoms with Gasteiger partial charge in [-0.25, -0.2) is 0 Å². The zero-order valence-corrected chi connectivity index (χ0v) is 14.0. The first-order valence-electron chi connectivity index (χ1n) is 9.02. The molecule has 0 aliphatic heterocycles. The van der Waals surface area contributed by atoms with Crippen LogP contribution < -0.4 is 5.73 Å². The SMILES string of the molecule is CC(C)C1CCC(CN)(N(C)C2CCCCCC2)CC1. The average Bonchev–Trinajstić information content (AvgIpc) is 2.75. The number of nitrogens with two attached hydrogens (primary N) is 1. The van der Waals surface area contributed by atoms with E-state index in [-0.39, 0.29) is 0 Å². The summed E-state index contributed by atoms with van der Waals surface area (Å²) in [5.41, 5.74) is 6.57. The predicted molar refractivity (Wildman–Crippen MR) is 87.8 cm³/mol. The molecule has 0 aromatic carbocycles. The summed E-state index contributed by atoms with van der Waals surface area (Å²) in [6.45, 7) is 5.62. The first-order valence-corrected chi connectivity index (χ1v) is 9.02. The van der Waals surface area contributed by atoms with Gasteiger partial charge in [-0.05, 0) is 57.4 Å². The fraction of sp³-hybridized carbons (Fsp3) is 1.00.